The fourth-order valence-corrected chi connectivity index (χ4v) is 3.14. The maximum atomic E-state index is 12.3. The molecule has 0 aromatic heterocycles. The molecule has 1 saturated carbocycles. The van der Waals surface area contributed by atoms with Gasteiger partial charge in [0.25, 0.3) is 0 Å². The van der Waals surface area contributed by atoms with Gasteiger partial charge in [-0.25, -0.2) is 4.79 Å². The van der Waals surface area contributed by atoms with Gasteiger partial charge in [0, 0.05) is 38.8 Å². The number of nitrogens with zero attached hydrogens (tertiary/aromatic N) is 2. The summed E-state index contributed by atoms with van der Waals surface area (Å²) in [5.74, 6) is 0.122. The van der Waals surface area contributed by atoms with E-state index in [4.69, 9.17) is 0 Å². The molecule has 1 unspecified atom stereocenters. The minimum absolute atomic E-state index is 0.0531. The third-order valence-corrected chi connectivity index (χ3v) is 4.63. The van der Waals surface area contributed by atoms with Crippen molar-refractivity contribution in [2.75, 3.05) is 32.7 Å². The number of piperazine rings is 1. The quantitative estimate of drug-likeness (QED) is 0.743. The summed E-state index contributed by atoms with van der Waals surface area (Å²) < 4.78 is 0. The molecule has 1 aliphatic carbocycles. The number of nitrogens with one attached hydrogen (secondary N) is 2. The Balaban J connectivity index is 1.74. The largest absolute Gasteiger partial charge is 0.352 e. The number of hydrogen-bond acceptors (Lipinski definition) is 3. The SMILES string of the molecule is C=CCNC(=O)N1CCN(C(C)C(=O)NC2CCCC2)CC1. The molecule has 6 nitrogen and oxygen atoms in total. The van der Waals surface area contributed by atoms with Crippen LogP contribution in [0.4, 0.5) is 4.79 Å². The maximum absolute atomic E-state index is 12.3. The van der Waals surface area contributed by atoms with Crippen LogP contribution in [0.5, 0.6) is 0 Å². The first kappa shape index (κ1) is 16.8. The Bertz CT molecular complexity index is 399. The molecule has 1 aliphatic heterocycles. The van der Waals surface area contributed by atoms with Crippen molar-refractivity contribution in [3.63, 3.8) is 0 Å². The van der Waals surface area contributed by atoms with Crippen LogP contribution in [0.25, 0.3) is 0 Å². The molecule has 2 aliphatic rings. The Morgan fingerprint density at radius 1 is 1.23 bits per heavy atom. The van der Waals surface area contributed by atoms with Crippen molar-refractivity contribution in [2.24, 2.45) is 0 Å². The van der Waals surface area contributed by atoms with E-state index in [1.54, 1.807) is 11.0 Å². The second kappa shape index (κ2) is 8.17. The molecular formula is C16H28N4O2. The van der Waals surface area contributed by atoms with E-state index in [9.17, 15) is 9.59 Å². The van der Waals surface area contributed by atoms with E-state index >= 15 is 0 Å². The maximum Gasteiger partial charge on any atom is 0.317 e. The molecule has 1 heterocycles. The van der Waals surface area contributed by atoms with E-state index in [2.05, 4.69) is 22.1 Å². The van der Waals surface area contributed by atoms with Gasteiger partial charge in [-0.2, -0.15) is 0 Å². The smallest absolute Gasteiger partial charge is 0.317 e. The summed E-state index contributed by atoms with van der Waals surface area (Å²) in [6.45, 7) is 8.82. The van der Waals surface area contributed by atoms with Crippen LogP contribution >= 0.6 is 0 Å². The highest BCUT2D eigenvalue weighted by Crippen LogP contribution is 2.18. The molecule has 22 heavy (non-hydrogen) atoms. The lowest BCUT2D eigenvalue weighted by atomic mass is 10.2. The highest BCUT2D eigenvalue weighted by atomic mass is 16.2. The highest BCUT2D eigenvalue weighted by molar-refractivity contribution is 5.81. The first-order chi connectivity index (χ1) is 10.6. The summed E-state index contributed by atoms with van der Waals surface area (Å²) in [5, 5.41) is 5.94. The van der Waals surface area contributed by atoms with Crippen LogP contribution in [0.2, 0.25) is 0 Å². The summed E-state index contributed by atoms with van der Waals surface area (Å²) in [6.07, 6.45) is 6.32. The number of hydrogen-bond donors (Lipinski definition) is 2. The summed E-state index contributed by atoms with van der Waals surface area (Å²) in [7, 11) is 0. The second-order valence-electron chi connectivity index (χ2n) is 6.16. The lowest BCUT2D eigenvalue weighted by Crippen LogP contribution is -2.57. The molecular weight excluding hydrogens is 280 g/mol. The highest BCUT2D eigenvalue weighted by Gasteiger charge is 2.28. The van der Waals surface area contributed by atoms with E-state index in [1.165, 1.54) is 12.8 Å². The van der Waals surface area contributed by atoms with Gasteiger partial charge < -0.3 is 15.5 Å². The number of carbonyl (C=O) groups is 2. The lowest BCUT2D eigenvalue weighted by Gasteiger charge is -2.37. The first-order valence-electron chi connectivity index (χ1n) is 8.30. The van der Waals surface area contributed by atoms with Gasteiger partial charge in [0.1, 0.15) is 0 Å². The number of amides is 3. The predicted octanol–water partition coefficient (Wildman–Crippen LogP) is 0.947. The standard InChI is InChI=1S/C16H28N4O2/c1-3-8-17-16(22)20-11-9-19(10-12-20)13(2)15(21)18-14-6-4-5-7-14/h3,13-14H,1,4-12H2,2H3,(H,17,22)(H,18,21). The van der Waals surface area contributed by atoms with E-state index in [1.807, 2.05) is 6.92 Å². The second-order valence-corrected chi connectivity index (χ2v) is 6.16. The summed E-state index contributed by atoms with van der Waals surface area (Å²) in [5.41, 5.74) is 0. The summed E-state index contributed by atoms with van der Waals surface area (Å²) >= 11 is 0. The third kappa shape index (κ3) is 4.47. The van der Waals surface area contributed by atoms with E-state index in [0.29, 0.717) is 25.7 Å². The molecule has 1 saturated heterocycles. The molecule has 6 heteroatoms. The molecule has 1 atom stereocenters. The zero-order valence-corrected chi connectivity index (χ0v) is 13.5. The number of rotatable bonds is 5. The fourth-order valence-electron chi connectivity index (χ4n) is 3.14. The van der Waals surface area contributed by atoms with Crippen LogP contribution < -0.4 is 10.6 Å². The van der Waals surface area contributed by atoms with Gasteiger partial charge in [0.15, 0.2) is 0 Å². The van der Waals surface area contributed by atoms with Crippen molar-refractivity contribution in [1.82, 2.24) is 20.4 Å². The average molecular weight is 308 g/mol. The van der Waals surface area contributed by atoms with Crippen LogP contribution in [0.3, 0.4) is 0 Å². The molecule has 2 rings (SSSR count). The minimum Gasteiger partial charge on any atom is -0.352 e. The Kier molecular flexibility index (Phi) is 6.24. The topological polar surface area (TPSA) is 64.7 Å². The minimum atomic E-state index is -0.126. The van der Waals surface area contributed by atoms with E-state index in [0.717, 1.165) is 25.9 Å². The number of urea groups is 1. The zero-order valence-electron chi connectivity index (χ0n) is 13.5. The molecule has 0 aromatic carbocycles. The van der Waals surface area contributed by atoms with Crippen molar-refractivity contribution in [1.29, 1.82) is 0 Å². The molecule has 0 radical (unpaired) electrons. The van der Waals surface area contributed by atoms with Gasteiger partial charge in [0.05, 0.1) is 6.04 Å². The fraction of sp³-hybridized carbons (Fsp3) is 0.750. The monoisotopic (exact) mass is 308 g/mol. The molecule has 0 spiro atoms. The Labute approximate surface area is 132 Å². The van der Waals surface area contributed by atoms with Gasteiger partial charge in [-0.1, -0.05) is 18.9 Å². The molecule has 2 N–H and O–H groups in total. The Morgan fingerprint density at radius 3 is 2.45 bits per heavy atom. The average Bonchev–Trinajstić information content (AvgIpc) is 3.05. The zero-order chi connectivity index (χ0) is 15.9. The van der Waals surface area contributed by atoms with Gasteiger partial charge in [0.2, 0.25) is 5.91 Å². The van der Waals surface area contributed by atoms with Gasteiger partial charge >= 0.3 is 6.03 Å². The summed E-state index contributed by atoms with van der Waals surface area (Å²) in [4.78, 5) is 28.1. The molecule has 0 bridgehead atoms. The van der Waals surface area contributed by atoms with Crippen molar-refractivity contribution in [2.45, 2.75) is 44.7 Å². The van der Waals surface area contributed by atoms with Crippen molar-refractivity contribution in [3.05, 3.63) is 12.7 Å². The molecule has 3 amide bonds. The van der Waals surface area contributed by atoms with Crippen LogP contribution in [0, 0.1) is 0 Å². The molecule has 0 aromatic rings. The van der Waals surface area contributed by atoms with Gasteiger partial charge in [-0.15, -0.1) is 6.58 Å². The van der Waals surface area contributed by atoms with Crippen LogP contribution in [0.1, 0.15) is 32.6 Å². The normalized spacial score (nSPS) is 21.4. The van der Waals surface area contributed by atoms with Crippen LogP contribution in [-0.2, 0) is 4.79 Å². The van der Waals surface area contributed by atoms with E-state index < -0.39 is 0 Å². The Morgan fingerprint density at radius 2 is 1.86 bits per heavy atom. The van der Waals surface area contributed by atoms with E-state index in [-0.39, 0.29) is 18.0 Å². The van der Waals surface area contributed by atoms with Gasteiger partial charge in [-0.05, 0) is 19.8 Å². The first-order valence-corrected chi connectivity index (χ1v) is 8.30. The van der Waals surface area contributed by atoms with Gasteiger partial charge in [-0.3, -0.25) is 9.69 Å². The lowest BCUT2D eigenvalue weighted by molar-refractivity contribution is -0.127. The van der Waals surface area contributed by atoms with Crippen molar-refractivity contribution >= 4 is 11.9 Å². The molecule has 124 valence electrons. The Hall–Kier alpha value is -1.56. The third-order valence-electron chi connectivity index (χ3n) is 4.63. The predicted molar refractivity (Wildman–Crippen MR) is 86.6 cm³/mol. The molecule has 2 fully saturated rings. The van der Waals surface area contributed by atoms with Crippen molar-refractivity contribution < 1.29 is 9.59 Å². The van der Waals surface area contributed by atoms with Crippen LogP contribution in [-0.4, -0.2) is 66.5 Å². The van der Waals surface area contributed by atoms with Crippen LogP contribution in [0.15, 0.2) is 12.7 Å². The summed E-state index contributed by atoms with van der Waals surface area (Å²) in [6, 6.07) is 0.183. The van der Waals surface area contributed by atoms with Crippen molar-refractivity contribution in [3.8, 4) is 0 Å². The number of carbonyl (C=O) groups excluding carboxylic acids is 2.